The molecule has 7 nitrogen and oxygen atoms in total. The van der Waals surface area contributed by atoms with Gasteiger partial charge in [0.25, 0.3) is 0 Å². The van der Waals surface area contributed by atoms with Gasteiger partial charge in [-0.15, -0.1) is 0 Å². The van der Waals surface area contributed by atoms with Crippen LogP contribution in [0.1, 0.15) is 30.9 Å². The van der Waals surface area contributed by atoms with Crippen molar-refractivity contribution in [2.45, 2.75) is 38.6 Å². The molecular weight excluding hydrogens is 366 g/mol. The number of rotatable bonds is 7. The molecule has 1 aromatic rings. The molecule has 0 radical (unpaired) electrons. The topological polar surface area (TPSA) is 69.2 Å². The third-order valence-corrected chi connectivity index (χ3v) is 5.55. The molecule has 29 heavy (non-hydrogen) atoms. The molecule has 0 aliphatic carbocycles. The number of likely N-dealkylation sites (N-methyl/N-ethyl adjacent to an activating group) is 1. The Morgan fingerprint density at radius 3 is 2.83 bits per heavy atom. The molecule has 0 aromatic heterocycles. The van der Waals surface area contributed by atoms with Gasteiger partial charge in [-0.1, -0.05) is 12.1 Å². The Labute approximate surface area is 174 Å². The van der Waals surface area contributed by atoms with E-state index < -0.39 is 0 Å². The molecule has 160 valence electrons. The Bertz CT molecular complexity index is 711. The van der Waals surface area contributed by atoms with E-state index in [2.05, 4.69) is 40.7 Å². The number of nitrogens with zero attached hydrogens (tertiary/aromatic N) is 3. The minimum absolute atomic E-state index is 0.171. The largest absolute Gasteiger partial charge is 0.493 e. The van der Waals surface area contributed by atoms with Crippen molar-refractivity contribution < 1.29 is 9.53 Å². The summed E-state index contributed by atoms with van der Waals surface area (Å²) in [5.74, 6) is 2.09. The van der Waals surface area contributed by atoms with Gasteiger partial charge in [0.15, 0.2) is 5.96 Å². The summed E-state index contributed by atoms with van der Waals surface area (Å²) in [6.07, 6.45) is 3.98. The number of aliphatic imine (C=N–C) groups is 1. The molecule has 1 fully saturated rings. The highest BCUT2D eigenvalue weighted by molar-refractivity contribution is 5.80. The fourth-order valence-corrected chi connectivity index (χ4v) is 3.77. The summed E-state index contributed by atoms with van der Waals surface area (Å²) in [6.45, 7) is 6.88. The van der Waals surface area contributed by atoms with Crippen molar-refractivity contribution in [2.24, 2.45) is 4.99 Å². The summed E-state index contributed by atoms with van der Waals surface area (Å²) < 4.78 is 5.58. The number of hydrogen-bond acceptors (Lipinski definition) is 4. The predicted molar refractivity (Wildman–Crippen MR) is 117 cm³/mol. The molecule has 0 unspecified atom stereocenters. The lowest BCUT2D eigenvalue weighted by molar-refractivity contribution is -0.130. The van der Waals surface area contributed by atoms with Crippen molar-refractivity contribution in [1.82, 2.24) is 20.4 Å². The fraction of sp³-hybridized carbons (Fsp3) is 0.636. The lowest BCUT2D eigenvalue weighted by Crippen LogP contribution is -2.50. The Morgan fingerprint density at radius 1 is 1.31 bits per heavy atom. The molecule has 7 heteroatoms. The van der Waals surface area contributed by atoms with Crippen molar-refractivity contribution in [3.8, 4) is 5.75 Å². The third kappa shape index (κ3) is 6.35. The molecule has 0 bridgehead atoms. The van der Waals surface area contributed by atoms with Crippen molar-refractivity contribution >= 4 is 11.9 Å². The van der Waals surface area contributed by atoms with Gasteiger partial charge in [0, 0.05) is 52.7 Å². The van der Waals surface area contributed by atoms with E-state index in [1.807, 2.05) is 14.1 Å². The van der Waals surface area contributed by atoms with Crippen molar-refractivity contribution in [2.75, 3.05) is 53.4 Å². The summed E-state index contributed by atoms with van der Waals surface area (Å²) >= 11 is 0. The van der Waals surface area contributed by atoms with Crippen LogP contribution in [0.15, 0.2) is 23.2 Å². The van der Waals surface area contributed by atoms with Crippen LogP contribution in [0.25, 0.3) is 0 Å². The number of fused-ring (bicyclic) bond motifs is 1. The van der Waals surface area contributed by atoms with Gasteiger partial charge in [0.1, 0.15) is 5.75 Å². The van der Waals surface area contributed by atoms with Gasteiger partial charge in [-0.25, -0.2) is 0 Å². The number of ether oxygens (including phenoxy) is 1. The van der Waals surface area contributed by atoms with E-state index in [4.69, 9.17) is 9.73 Å². The van der Waals surface area contributed by atoms with Crippen molar-refractivity contribution in [3.63, 3.8) is 0 Å². The Kier molecular flexibility index (Phi) is 7.75. The number of benzene rings is 1. The molecular formula is C22H35N5O2. The molecule has 2 N–H and O–H groups in total. The molecule has 0 atom stereocenters. The van der Waals surface area contributed by atoms with Crippen LogP contribution in [-0.2, 0) is 17.6 Å². The number of nitrogens with one attached hydrogen (secondary N) is 2. The molecule has 1 aromatic carbocycles. The predicted octanol–water partition coefficient (Wildman–Crippen LogP) is 1.27. The lowest BCUT2D eigenvalue weighted by atomic mass is 10.1. The quantitative estimate of drug-likeness (QED) is 0.532. The number of carbonyl (C=O) groups excluding carboxylic acids is 1. The second kappa shape index (κ2) is 10.5. The van der Waals surface area contributed by atoms with Gasteiger partial charge in [-0.05, 0) is 43.4 Å². The van der Waals surface area contributed by atoms with E-state index in [9.17, 15) is 4.79 Å². The SMILES string of the molecule is CCNC(=NCCc1ccc2c(c1)CCO2)NC1CCN(CC(=O)N(C)C)CC1. The van der Waals surface area contributed by atoms with Crippen LogP contribution < -0.4 is 15.4 Å². The molecule has 2 aliphatic heterocycles. The summed E-state index contributed by atoms with van der Waals surface area (Å²) in [4.78, 5) is 20.6. The molecule has 2 heterocycles. The number of piperidine rings is 1. The maximum Gasteiger partial charge on any atom is 0.236 e. The second-order valence-electron chi connectivity index (χ2n) is 8.03. The van der Waals surface area contributed by atoms with Crippen LogP contribution in [0.2, 0.25) is 0 Å². The normalized spacial score (nSPS) is 17.6. The summed E-state index contributed by atoms with van der Waals surface area (Å²) in [7, 11) is 3.62. The third-order valence-electron chi connectivity index (χ3n) is 5.55. The minimum atomic E-state index is 0.171. The molecule has 1 amide bonds. The first-order valence-corrected chi connectivity index (χ1v) is 10.8. The fourth-order valence-electron chi connectivity index (χ4n) is 3.77. The molecule has 2 aliphatic rings. The number of likely N-dealkylation sites (tertiary alicyclic amines) is 1. The lowest BCUT2D eigenvalue weighted by Gasteiger charge is -2.33. The molecule has 0 saturated carbocycles. The van der Waals surface area contributed by atoms with Crippen molar-refractivity contribution in [1.29, 1.82) is 0 Å². The first-order valence-electron chi connectivity index (χ1n) is 10.8. The van der Waals surface area contributed by atoms with Gasteiger partial charge in [-0.2, -0.15) is 0 Å². The first-order chi connectivity index (χ1) is 14.0. The zero-order chi connectivity index (χ0) is 20.6. The maximum atomic E-state index is 11.9. The van der Waals surface area contributed by atoms with Gasteiger partial charge in [0.05, 0.1) is 13.2 Å². The number of amides is 1. The van der Waals surface area contributed by atoms with Gasteiger partial charge < -0.3 is 20.3 Å². The van der Waals surface area contributed by atoms with E-state index in [0.29, 0.717) is 12.6 Å². The second-order valence-corrected chi connectivity index (χ2v) is 8.03. The molecule has 0 spiro atoms. The van der Waals surface area contributed by atoms with Gasteiger partial charge in [-0.3, -0.25) is 14.7 Å². The molecule has 1 saturated heterocycles. The zero-order valence-electron chi connectivity index (χ0n) is 18.0. The van der Waals surface area contributed by atoms with Crippen LogP contribution >= 0.6 is 0 Å². The highest BCUT2D eigenvalue weighted by Gasteiger charge is 2.22. The number of guanidine groups is 1. The van der Waals surface area contributed by atoms with Crippen LogP contribution in [0.5, 0.6) is 5.75 Å². The Morgan fingerprint density at radius 2 is 2.10 bits per heavy atom. The summed E-state index contributed by atoms with van der Waals surface area (Å²) in [5.41, 5.74) is 2.63. The van der Waals surface area contributed by atoms with E-state index in [1.165, 1.54) is 11.1 Å². The highest BCUT2D eigenvalue weighted by atomic mass is 16.5. The van der Waals surface area contributed by atoms with E-state index in [-0.39, 0.29) is 5.91 Å². The van der Waals surface area contributed by atoms with Crippen molar-refractivity contribution in [3.05, 3.63) is 29.3 Å². The Hall–Kier alpha value is -2.28. The monoisotopic (exact) mass is 401 g/mol. The van der Waals surface area contributed by atoms with Crippen LogP contribution in [0.3, 0.4) is 0 Å². The summed E-state index contributed by atoms with van der Waals surface area (Å²) in [6, 6.07) is 6.88. The number of carbonyl (C=O) groups is 1. The van der Waals surface area contributed by atoms with E-state index >= 15 is 0 Å². The van der Waals surface area contributed by atoms with E-state index in [1.54, 1.807) is 4.90 Å². The average Bonchev–Trinajstić information content (AvgIpc) is 3.17. The highest BCUT2D eigenvalue weighted by Crippen LogP contribution is 2.25. The van der Waals surface area contributed by atoms with Crippen LogP contribution in [0, 0.1) is 0 Å². The average molecular weight is 402 g/mol. The van der Waals surface area contributed by atoms with E-state index in [0.717, 1.165) is 70.2 Å². The van der Waals surface area contributed by atoms with Gasteiger partial charge >= 0.3 is 0 Å². The summed E-state index contributed by atoms with van der Waals surface area (Å²) in [5, 5.41) is 6.94. The van der Waals surface area contributed by atoms with Gasteiger partial charge in [0.2, 0.25) is 5.91 Å². The maximum absolute atomic E-state index is 11.9. The van der Waals surface area contributed by atoms with Crippen LogP contribution in [-0.4, -0.2) is 81.1 Å². The zero-order valence-corrected chi connectivity index (χ0v) is 18.0. The Balaban J connectivity index is 1.45. The number of hydrogen-bond donors (Lipinski definition) is 2. The minimum Gasteiger partial charge on any atom is -0.493 e. The van der Waals surface area contributed by atoms with Crippen LogP contribution in [0.4, 0.5) is 0 Å². The first kappa shape index (κ1) is 21.4. The standard InChI is InChI=1S/C22H35N5O2/c1-4-23-22(24-11-7-17-5-6-20-18(15-17)10-14-29-20)25-19-8-12-27(13-9-19)16-21(28)26(2)3/h5-6,15,19H,4,7-14,16H2,1-3H3,(H2,23,24,25). The smallest absolute Gasteiger partial charge is 0.236 e. The molecule has 3 rings (SSSR count).